The van der Waals surface area contributed by atoms with E-state index in [4.69, 9.17) is 33.2 Å². The SMILES string of the molecule is CCCOc1ccc2c(c1)[C@@H](c1ccc(OC)cc1OC(OCOC(=O)[O-])C(=O)OCC)[C@H](C(=O)[O-])[C@H]2c1ccc2c(c1)OCO2.[Na+].[Na+]. The van der Waals surface area contributed by atoms with E-state index >= 15 is 0 Å². The third-order valence-corrected chi connectivity index (χ3v) is 7.61. The number of benzene rings is 3. The van der Waals surface area contributed by atoms with Crippen LogP contribution in [0.25, 0.3) is 0 Å². The molecule has 0 saturated heterocycles. The molecule has 13 nitrogen and oxygen atoms in total. The predicted molar refractivity (Wildman–Crippen MR) is 153 cm³/mol. The van der Waals surface area contributed by atoms with Gasteiger partial charge in [-0.15, -0.1) is 0 Å². The fraction of sp³-hybridized carbons (Fsp3) is 0.364. The molecule has 5 rings (SSSR count). The molecule has 0 N–H and O–H groups in total. The maximum absolute atomic E-state index is 13.1. The summed E-state index contributed by atoms with van der Waals surface area (Å²) in [5.41, 5.74) is 2.36. The molecule has 0 aromatic heterocycles. The zero-order chi connectivity index (χ0) is 32.8. The number of hydrogen-bond acceptors (Lipinski definition) is 13. The molecule has 15 heteroatoms. The number of aliphatic carboxylic acids is 1. The van der Waals surface area contributed by atoms with Crippen molar-refractivity contribution in [3.05, 3.63) is 76.9 Å². The van der Waals surface area contributed by atoms with Crippen LogP contribution in [0.3, 0.4) is 0 Å². The summed E-state index contributed by atoms with van der Waals surface area (Å²) in [6, 6.07) is 15.4. The van der Waals surface area contributed by atoms with Crippen LogP contribution in [0.2, 0.25) is 0 Å². The van der Waals surface area contributed by atoms with Crippen LogP contribution in [0.5, 0.6) is 28.7 Å². The Morgan fingerprint density at radius 1 is 0.854 bits per heavy atom. The van der Waals surface area contributed by atoms with E-state index in [1.807, 2.05) is 13.0 Å². The van der Waals surface area contributed by atoms with Gasteiger partial charge < -0.3 is 57.7 Å². The number of fused-ring (bicyclic) bond motifs is 2. The van der Waals surface area contributed by atoms with E-state index in [9.17, 15) is 24.6 Å². The summed E-state index contributed by atoms with van der Waals surface area (Å²) < 4.78 is 42.9. The Morgan fingerprint density at radius 2 is 1.58 bits per heavy atom. The average molecular weight is 683 g/mol. The van der Waals surface area contributed by atoms with Crippen LogP contribution >= 0.6 is 0 Å². The summed E-state index contributed by atoms with van der Waals surface area (Å²) in [4.78, 5) is 36.7. The van der Waals surface area contributed by atoms with Crippen LogP contribution in [-0.2, 0) is 23.8 Å². The summed E-state index contributed by atoms with van der Waals surface area (Å²) in [6.07, 6.45) is -2.91. The topological polar surface area (TPSA) is 171 Å². The zero-order valence-electron chi connectivity index (χ0n) is 27.3. The van der Waals surface area contributed by atoms with Gasteiger partial charge in [0.05, 0.1) is 20.3 Å². The zero-order valence-corrected chi connectivity index (χ0v) is 31.3. The van der Waals surface area contributed by atoms with E-state index in [0.717, 1.165) is 6.42 Å². The minimum absolute atomic E-state index is 0. The third kappa shape index (κ3) is 8.70. The summed E-state index contributed by atoms with van der Waals surface area (Å²) in [5, 5.41) is 23.9. The van der Waals surface area contributed by atoms with Crippen molar-refractivity contribution in [3.63, 3.8) is 0 Å². The predicted octanol–water partition coefficient (Wildman–Crippen LogP) is -3.53. The van der Waals surface area contributed by atoms with Crippen molar-refractivity contribution in [2.45, 2.75) is 38.4 Å². The van der Waals surface area contributed by atoms with Crippen molar-refractivity contribution in [2.75, 3.05) is 33.9 Å². The van der Waals surface area contributed by atoms with E-state index in [2.05, 4.69) is 4.74 Å². The molecule has 1 heterocycles. The number of rotatable bonds is 14. The first-order valence-electron chi connectivity index (χ1n) is 14.6. The fourth-order valence-electron chi connectivity index (χ4n) is 5.74. The summed E-state index contributed by atoms with van der Waals surface area (Å²) >= 11 is 0. The van der Waals surface area contributed by atoms with Crippen LogP contribution in [0.15, 0.2) is 54.6 Å². The average Bonchev–Trinajstić information content (AvgIpc) is 3.65. The molecule has 3 aromatic rings. The normalized spacial score (nSPS) is 17.5. The number of carboxylic acid groups (broad SMARTS) is 2. The van der Waals surface area contributed by atoms with Crippen molar-refractivity contribution < 1.29 is 122 Å². The molecule has 0 spiro atoms. The number of carboxylic acids is 1. The molecular formula is C33H32Na2O13. The van der Waals surface area contributed by atoms with Crippen LogP contribution in [0.1, 0.15) is 54.4 Å². The van der Waals surface area contributed by atoms with Gasteiger partial charge in [-0.05, 0) is 60.4 Å². The second-order valence-corrected chi connectivity index (χ2v) is 10.3. The summed E-state index contributed by atoms with van der Waals surface area (Å²) in [6.45, 7) is 3.10. The molecule has 0 saturated carbocycles. The Hall–Kier alpha value is -3.17. The first-order chi connectivity index (χ1) is 22.2. The van der Waals surface area contributed by atoms with E-state index in [1.165, 1.54) is 13.2 Å². The van der Waals surface area contributed by atoms with E-state index in [0.29, 0.717) is 51.9 Å². The number of carbonyl (C=O) groups excluding carboxylic acids is 3. The number of carbonyl (C=O) groups is 3. The Kier molecular flexibility index (Phi) is 14.7. The molecule has 2 aliphatic rings. The standard InChI is InChI=1S/C33H34O13.2Na/c1-4-12-41-20-8-9-21-23(14-20)28(29(30(34)35)27(21)18-6-11-24-26(13-18)43-16-42-24)22-10-7-19(39-3)15-25(22)46-32(31(36)40-5-2)44-17-45-33(37)38;;/h6-11,13-15,27-29,32H,4-5,12,16-17H2,1-3H3,(H,34,35)(H,37,38);;/q;2*+1/p-2/t27-,28+,29+,32?;;/m0../s1. The molecule has 244 valence electrons. The van der Waals surface area contributed by atoms with Gasteiger partial charge in [0.25, 0.3) is 6.16 Å². The van der Waals surface area contributed by atoms with Crippen molar-refractivity contribution in [2.24, 2.45) is 5.92 Å². The molecule has 0 bridgehead atoms. The van der Waals surface area contributed by atoms with Crippen molar-refractivity contribution >= 4 is 18.1 Å². The third-order valence-electron chi connectivity index (χ3n) is 7.61. The minimum atomic E-state index is -1.88. The minimum Gasteiger partial charge on any atom is -0.550 e. The summed E-state index contributed by atoms with van der Waals surface area (Å²) in [7, 11) is 1.42. The molecule has 1 unspecified atom stereocenters. The van der Waals surface area contributed by atoms with Gasteiger partial charge in [0, 0.05) is 35.4 Å². The van der Waals surface area contributed by atoms with Gasteiger partial charge >= 0.3 is 71.4 Å². The number of ether oxygens (including phenoxy) is 8. The van der Waals surface area contributed by atoms with Crippen molar-refractivity contribution in [1.29, 1.82) is 0 Å². The molecule has 0 fully saturated rings. The van der Waals surface area contributed by atoms with E-state index in [1.54, 1.807) is 49.4 Å². The van der Waals surface area contributed by atoms with Gasteiger partial charge in [-0.3, -0.25) is 0 Å². The Balaban J connectivity index is 0.00000312. The van der Waals surface area contributed by atoms with Gasteiger partial charge in [0.1, 0.15) is 24.0 Å². The molecule has 1 aliphatic carbocycles. The van der Waals surface area contributed by atoms with Crippen LogP contribution in [0, 0.1) is 5.92 Å². The fourth-order valence-corrected chi connectivity index (χ4v) is 5.74. The van der Waals surface area contributed by atoms with Gasteiger partial charge in [0.15, 0.2) is 11.5 Å². The molecule has 0 radical (unpaired) electrons. The van der Waals surface area contributed by atoms with Crippen molar-refractivity contribution in [1.82, 2.24) is 0 Å². The maximum atomic E-state index is 13.1. The van der Waals surface area contributed by atoms with Gasteiger partial charge in [-0.1, -0.05) is 25.1 Å². The smallest absolute Gasteiger partial charge is 0.550 e. The van der Waals surface area contributed by atoms with Gasteiger partial charge in [0.2, 0.25) is 6.79 Å². The number of methoxy groups -OCH3 is 1. The molecule has 48 heavy (non-hydrogen) atoms. The second kappa shape index (κ2) is 18.0. The van der Waals surface area contributed by atoms with Crippen LogP contribution in [0.4, 0.5) is 4.79 Å². The van der Waals surface area contributed by atoms with Gasteiger partial charge in [-0.25, -0.2) is 4.79 Å². The van der Waals surface area contributed by atoms with E-state index in [-0.39, 0.29) is 78.3 Å². The molecule has 3 aromatic carbocycles. The number of hydrogen-bond donors (Lipinski definition) is 0. The summed E-state index contributed by atoms with van der Waals surface area (Å²) in [5.74, 6) is -3.14. The molecule has 0 amide bonds. The first-order valence-corrected chi connectivity index (χ1v) is 14.6. The van der Waals surface area contributed by atoms with Crippen LogP contribution < -0.4 is 93.0 Å². The first kappa shape index (κ1) is 39.3. The Labute approximate surface area is 321 Å². The maximum Gasteiger partial charge on any atom is 1.00 e. The molecule has 1 aliphatic heterocycles. The van der Waals surface area contributed by atoms with E-state index < -0.39 is 48.9 Å². The second-order valence-electron chi connectivity index (χ2n) is 10.3. The van der Waals surface area contributed by atoms with Gasteiger partial charge in [-0.2, -0.15) is 0 Å². The Bertz CT molecular complexity index is 1600. The largest absolute Gasteiger partial charge is 1.00 e. The molecule has 4 atom stereocenters. The molecular weight excluding hydrogens is 650 g/mol. The monoisotopic (exact) mass is 682 g/mol. The Morgan fingerprint density at radius 3 is 2.27 bits per heavy atom. The van der Waals surface area contributed by atoms with Crippen molar-refractivity contribution in [3.8, 4) is 28.7 Å². The number of esters is 1. The van der Waals surface area contributed by atoms with Crippen LogP contribution in [-0.4, -0.2) is 58.3 Å². The quantitative estimate of drug-likeness (QED) is 0.0932.